The lowest BCUT2D eigenvalue weighted by Gasteiger charge is -2.21. The fourth-order valence-corrected chi connectivity index (χ4v) is 4.20. The summed E-state index contributed by atoms with van der Waals surface area (Å²) >= 11 is 5.31. The topological polar surface area (TPSA) is 20.2 Å². The van der Waals surface area contributed by atoms with E-state index in [4.69, 9.17) is 0 Å². The third-order valence-corrected chi connectivity index (χ3v) is 5.82. The van der Waals surface area contributed by atoms with Crippen molar-refractivity contribution in [1.29, 1.82) is 0 Å². The van der Waals surface area contributed by atoms with Gasteiger partial charge in [-0.05, 0) is 46.8 Å². The highest BCUT2D eigenvalue weighted by molar-refractivity contribution is 9.10. The molecular formula is C15H21BrOS. The van der Waals surface area contributed by atoms with Crippen molar-refractivity contribution in [2.75, 3.05) is 5.75 Å². The van der Waals surface area contributed by atoms with Crippen molar-refractivity contribution in [3.8, 4) is 0 Å². The second-order valence-corrected chi connectivity index (χ2v) is 6.98. The van der Waals surface area contributed by atoms with Crippen LogP contribution in [0.1, 0.15) is 38.5 Å². The molecule has 0 aliphatic heterocycles. The van der Waals surface area contributed by atoms with Crippen LogP contribution in [-0.2, 0) is 0 Å². The number of hydrogen-bond acceptors (Lipinski definition) is 2. The Morgan fingerprint density at radius 3 is 2.50 bits per heavy atom. The lowest BCUT2D eigenvalue weighted by atomic mass is 9.95. The number of hydrogen-bond donors (Lipinski definition) is 1. The Morgan fingerprint density at radius 1 is 1.17 bits per heavy atom. The SMILES string of the molecule is OC(CSc1ccccc1Br)C1CCCCCC1. The minimum atomic E-state index is -0.153. The molecule has 1 aromatic rings. The van der Waals surface area contributed by atoms with Crippen LogP contribution in [0.3, 0.4) is 0 Å². The molecule has 1 atom stereocenters. The van der Waals surface area contributed by atoms with Gasteiger partial charge < -0.3 is 5.11 Å². The maximum atomic E-state index is 10.3. The van der Waals surface area contributed by atoms with E-state index in [0.29, 0.717) is 5.92 Å². The Kier molecular flexibility index (Phi) is 6.06. The van der Waals surface area contributed by atoms with Gasteiger partial charge in [0, 0.05) is 15.1 Å². The summed E-state index contributed by atoms with van der Waals surface area (Å²) in [5.41, 5.74) is 0. The lowest BCUT2D eigenvalue weighted by molar-refractivity contribution is 0.120. The van der Waals surface area contributed by atoms with Crippen LogP contribution in [0, 0.1) is 5.92 Å². The van der Waals surface area contributed by atoms with E-state index >= 15 is 0 Å². The monoisotopic (exact) mass is 328 g/mol. The molecule has 1 aromatic carbocycles. The normalized spacial score (nSPS) is 19.4. The average Bonchev–Trinajstić information content (AvgIpc) is 2.66. The Labute approximate surface area is 122 Å². The highest BCUT2D eigenvalue weighted by atomic mass is 79.9. The van der Waals surface area contributed by atoms with Crippen LogP contribution in [0.4, 0.5) is 0 Å². The van der Waals surface area contributed by atoms with Crippen LogP contribution < -0.4 is 0 Å². The lowest BCUT2D eigenvalue weighted by Crippen LogP contribution is -2.22. The Morgan fingerprint density at radius 2 is 1.83 bits per heavy atom. The third-order valence-electron chi connectivity index (χ3n) is 3.69. The van der Waals surface area contributed by atoms with E-state index in [1.165, 1.54) is 43.4 Å². The van der Waals surface area contributed by atoms with Gasteiger partial charge in [-0.25, -0.2) is 0 Å². The van der Waals surface area contributed by atoms with Crippen molar-refractivity contribution in [2.45, 2.75) is 49.5 Å². The number of benzene rings is 1. The summed E-state index contributed by atoms with van der Waals surface area (Å²) in [6.07, 6.45) is 7.54. The van der Waals surface area contributed by atoms with Gasteiger partial charge in [0.2, 0.25) is 0 Å². The zero-order chi connectivity index (χ0) is 12.8. The van der Waals surface area contributed by atoms with E-state index in [1.54, 1.807) is 11.8 Å². The predicted molar refractivity (Wildman–Crippen MR) is 82.1 cm³/mol. The van der Waals surface area contributed by atoms with Crippen LogP contribution in [0.2, 0.25) is 0 Å². The second kappa shape index (κ2) is 7.56. The third kappa shape index (κ3) is 4.29. The molecule has 0 amide bonds. The molecule has 0 saturated heterocycles. The Bertz CT molecular complexity index is 361. The van der Waals surface area contributed by atoms with Gasteiger partial charge in [0.25, 0.3) is 0 Å². The molecule has 0 heterocycles. The molecule has 100 valence electrons. The molecule has 2 rings (SSSR count). The Hall–Kier alpha value is 0.01000. The molecule has 1 fully saturated rings. The van der Waals surface area contributed by atoms with Crippen LogP contribution in [0.15, 0.2) is 33.6 Å². The first kappa shape index (κ1) is 14.4. The molecule has 0 radical (unpaired) electrons. The molecule has 3 heteroatoms. The minimum Gasteiger partial charge on any atom is -0.392 e. The maximum Gasteiger partial charge on any atom is 0.0662 e. The van der Waals surface area contributed by atoms with E-state index in [1.807, 2.05) is 12.1 Å². The Balaban J connectivity index is 1.83. The summed E-state index contributed by atoms with van der Waals surface area (Å²) in [6, 6.07) is 8.23. The first-order chi connectivity index (χ1) is 8.77. The van der Waals surface area contributed by atoms with Crippen molar-refractivity contribution < 1.29 is 5.11 Å². The minimum absolute atomic E-state index is 0.153. The quantitative estimate of drug-likeness (QED) is 0.628. The highest BCUT2D eigenvalue weighted by Gasteiger charge is 2.20. The van der Waals surface area contributed by atoms with Crippen LogP contribution in [0.25, 0.3) is 0 Å². The summed E-state index contributed by atoms with van der Waals surface area (Å²) < 4.78 is 1.13. The summed E-state index contributed by atoms with van der Waals surface area (Å²) in [5, 5.41) is 10.3. The number of aliphatic hydroxyl groups excluding tert-OH is 1. The summed E-state index contributed by atoms with van der Waals surface area (Å²) in [5.74, 6) is 1.33. The van der Waals surface area contributed by atoms with Gasteiger partial charge in [-0.15, -0.1) is 11.8 Å². The molecule has 1 unspecified atom stereocenters. The summed E-state index contributed by atoms with van der Waals surface area (Å²) in [4.78, 5) is 1.23. The fraction of sp³-hybridized carbons (Fsp3) is 0.600. The van der Waals surface area contributed by atoms with Gasteiger partial charge in [0.05, 0.1) is 6.10 Å². The largest absolute Gasteiger partial charge is 0.392 e. The summed E-state index contributed by atoms with van der Waals surface area (Å²) in [6.45, 7) is 0. The van der Waals surface area contributed by atoms with Crippen molar-refractivity contribution in [3.05, 3.63) is 28.7 Å². The highest BCUT2D eigenvalue weighted by Crippen LogP contribution is 2.31. The van der Waals surface area contributed by atoms with Crippen LogP contribution in [-0.4, -0.2) is 17.0 Å². The smallest absolute Gasteiger partial charge is 0.0662 e. The standard InChI is InChI=1S/C15H21BrOS/c16-13-9-5-6-10-15(13)18-11-14(17)12-7-3-1-2-4-8-12/h5-6,9-10,12,14,17H,1-4,7-8,11H2. The molecule has 1 aliphatic carbocycles. The van der Waals surface area contributed by atoms with Gasteiger partial charge in [-0.3, -0.25) is 0 Å². The van der Waals surface area contributed by atoms with E-state index in [-0.39, 0.29) is 6.10 Å². The average molecular weight is 329 g/mol. The van der Waals surface area contributed by atoms with Crippen LogP contribution >= 0.6 is 27.7 Å². The number of thioether (sulfide) groups is 1. The van der Waals surface area contributed by atoms with E-state index in [9.17, 15) is 5.11 Å². The van der Waals surface area contributed by atoms with Crippen molar-refractivity contribution in [2.24, 2.45) is 5.92 Å². The molecule has 0 bridgehead atoms. The summed E-state index contributed by atoms with van der Waals surface area (Å²) in [7, 11) is 0. The molecular weight excluding hydrogens is 308 g/mol. The van der Waals surface area contributed by atoms with Gasteiger partial charge in [0.15, 0.2) is 0 Å². The first-order valence-electron chi connectivity index (χ1n) is 6.83. The van der Waals surface area contributed by atoms with E-state index < -0.39 is 0 Å². The first-order valence-corrected chi connectivity index (χ1v) is 8.60. The van der Waals surface area contributed by atoms with Gasteiger partial charge in [0.1, 0.15) is 0 Å². The molecule has 0 aromatic heterocycles. The zero-order valence-electron chi connectivity index (χ0n) is 10.6. The van der Waals surface area contributed by atoms with E-state index in [0.717, 1.165) is 10.2 Å². The molecule has 1 aliphatic rings. The van der Waals surface area contributed by atoms with Crippen LogP contribution in [0.5, 0.6) is 0 Å². The zero-order valence-corrected chi connectivity index (χ0v) is 13.0. The second-order valence-electron chi connectivity index (χ2n) is 5.06. The fourth-order valence-electron chi connectivity index (χ4n) is 2.57. The number of rotatable bonds is 4. The number of aliphatic hydroxyl groups is 1. The van der Waals surface area contributed by atoms with Crippen molar-refractivity contribution in [1.82, 2.24) is 0 Å². The predicted octanol–water partition coefficient (Wildman–Crippen LogP) is 4.87. The van der Waals surface area contributed by atoms with Crippen molar-refractivity contribution >= 4 is 27.7 Å². The van der Waals surface area contributed by atoms with Gasteiger partial charge >= 0.3 is 0 Å². The van der Waals surface area contributed by atoms with Gasteiger partial charge in [-0.2, -0.15) is 0 Å². The van der Waals surface area contributed by atoms with Gasteiger partial charge in [-0.1, -0.05) is 37.8 Å². The maximum absolute atomic E-state index is 10.3. The molecule has 0 spiro atoms. The molecule has 18 heavy (non-hydrogen) atoms. The molecule has 1 saturated carbocycles. The van der Waals surface area contributed by atoms with Crippen molar-refractivity contribution in [3.63, 3.8) is 0 Å². The van der Waals surface area contributed by atoms with E-state index in [2.05, 4.69) is 28.1 Å². The number of halogens is 1. The molecule has 1 N–H and O–H groups in total. The molecule has 1 nitrogen and oxygen atoms in total.